The molecule has 2 saturated carbocycles. The van der Waals surface area contributed by atoms with E-state index in [0.29, 0.717) is 29.8 Å². The van der Waals surface area contributed by atoms with Crippen molar-refractivity contribution in [1.82, 2.24) is 0 Å². The Hall–Kier alpha value is -3.52. The standard InChI is InChI=1S/C41H48O2/c1-28(30-15-7-3-8-16-30)38-36(32-19-11-5-12-20-32)25-23-34(40(38)42)27-35-24-26-37(33-21-13-6-14-22-33)39(41(35)43)29(2)31-17-9-4-10-18-31/h3-4,7-10,15-18,23-26,28-29,32-33,42-43H,5-6,11-14,19-22,27H2,1-2H3. The first kappa shape index (κ1) is 29.5. The van der Waals surface area contributed by atoms with Crippen molar-refractivity contribution in [3.63, 3.8) is 0 Å². The van der Waals surface area contributed by atoms with E-state index >= 15 is 0 Å². The van der Waals surface area contributed by atoms with Gasteiger partial charge >= 0.3 is 0 Å². The summed E-state index contributed by atoms with van der Waals surface area (Å²) in [6.07, 6.45) is 12.9. The number of rotatable bonds is 8. The van der Waals surface area contributed by atoms with Crippen molar-refractivity contribution in [3.05, 3.63) is 129 Å². The SMILES string of the molecule is CC(c1ccccc1)c1c(C2CCCCC2)ccc(Cc2ccc(C3CCCCC3)c(C(C)c3ccccc3)c2O)c1O. The number of aromatic hydroxyl groups is 2. The topological polar surface area (TPSA) is 40.5 Å². The minimum absolute atomic E-state index is 0.0917. The summed E-state index contributed by atoms with van der Waals surface area (Å²) >= 11 is 0. The third-order valence-electron chi connectivity index (χ3n) is 10.6. The molecule has 2 heteroatoms. The first-order chi connectivity index (χ1) is 21.0. The van der Waals surface area contributed by atoms with Crippen molar-refractivity contribution in [2.75, 3.05) is 0 Å². The molecule has 2 nitrogen and oxygen atoms in total. The van der Waals surface area contributed by atoms with E-state index in [9.17, 15) is 10.2 Å². The van der Waals surface area contributed by atoms with Crippen LogP contribution in [0.3, 0.4) is 0 Å². The van der Waals surface area contributed by atoms with E-state index in [0.717, 1.165) is 22.3 Å². The molecular weight excluding hydrogens is 524 g/mol. The Bertz CT molecular complexity index is 1380. The molecule has 0 bridgehead atoms. The van der Waals surface area contributed by atoms with Crippen LogP contribution in [0.5, 0.6) is 11.5 Å². The van der Waals surface area contributed by atoms with E-state index in [2.05, 4.69) is 98.8 Å². The zero-order valence-electron chi connectivity index (χ0n) is 26.1. The molecule has 2 atom stereocenters. The summed E-state index contributed by atoms with van der Waals surface area (Å²) in [6, 6.07) is 30.0. The van der Waals surface area contributed by atoms with Gasteiger partial charge in [-0.25, -0.2) is 0 Å². The highest BCUT2D eigenvalue weighted by Crippen LogP contribution is 2.46. The van der Waals surface area contributed by atoms with Crippen molar-refractivity contribution in [3.8, 4) is 11.5 Å². The smallest absolute Gasteiger partial charge is 0.123 e. The van der Waals surface area contributed by atoms with Gasteiger partial charge in [-0.2, -0.15) is 0 Å². The fourth-order valence-corrected chi connectivity index (χ4v) is 8.09. The summed E-state index contributed by atoms with van der Waals surface area (Å²) in [6.45, 7) is 4.47. The monoisotopic (exact) mass is 572 g/mol. The van der Waals surface area contributed by atoms with Gasteiger partial charge in [-0.05, 0) is 70.9 Å². The van der Waals surface area contributed by atoms with Gasteiger partial charge in [0.2, 0.25) is 0 Å². The van der Waals surface area contributed by atoms with Crippen LogP contribution in [0.2, 0.25) is 0 Å². The molecule has 0 heterocycles. The fourth-order valence-electron chi connectivity index (χ4n) is 8.09. The largest absolute Gasteiger partial charge is 0.507 e. The van der Waals surface area contributed by atoms with Crippen LogP contribution in [-0.2, 0) is 6.42 Å². The average molecular weight is 573 g/mol. The van der Waals surface area contributed by atoms with Gasteiger partial charge in [-0.15, -0.1) is 0 Å². The van der Waals surface area contributed by atoms with E-state index < -0.39 is 0 Å². The third kappa shape index (κ3) is 6.26. The minimum atomic E-state index is 0.0917. The number of benzene rings is 4. The number of hydrogen-bond donors (Lipinski definition) is 2. The van der Waals surface area contributed by atoms with Crippen molar-refractivity contribution >= 4 is 0 Å². The van der Waals surface area contributed by atoms with Gasteiger partial charge in [0.25, 0.3) is 0 Å². The van der Waals surface area contributed by atoms with Crippen LogP contribution < -0.4 is 0 Å². The summed E-state index contributed by atoms with van der Waals surface area (Å²) in [7, 11) is 0. The Kier molecular flexibility index (Phi) is 9.22. The Morgan fingerprint density at radius 2 is 0.884 bits per heavy atom. The molecule has 2 fully saturated rings. The zero-order valence-corrected chi connectivity index (χ0v) is 26.1. The molecule has 0 saturated heterocycles. The van der Waals surface area contributed by atoms with Gasteiger partial charge in [0.1, 0.15) is 11.5 Å². The van der Waals surface area contributed by atoms with Gasteiger partial charge in [-0.1, -0.05) is 137 Å². The molecule has 0 amide bonds. The molecule has 0 spiro atoms. The minimum Gasteiger partial charge on any atom is -0.507 e. The predicted molar refractivity (Wildman–Crippen MR) is 179 cm³/mol. The number of hydrogen-bond acceptors (Lipinski definition) is 2. The molecule has 0 radical (unpaired) electrons. The van der Waals surface area contributed by atoms with Crippen LogP contribution in [-0.4, -0.2) is 10.2 Å². The fraction of sp³-hybridized carbons (Fsp3) is 0.415. The second-order valence-corrected chi connectivity index (χ2v) is 13.3. The summed E-state index contributed by atoms with van der Waals surface area (Å²) < 4.78 is 0. The van der Waals surface area contributed by atoms with E-state index in [-0.39, 0.29) is 11.8 Å². The van der Waals surface area contributed by atoms with Crippen molar-refractivity contribution < 1.29 is 10.2 Å². The van der Waals surface area contributed by atoms with E-state index in [1.54, 1.807) is 0 Å². The molecule has 2 aliphatic carbocycles. The summed E-state index contributed by atoms with van der Waals surface area (Å²) in [5.74, 6) is 2.00. The maximum absolute atomic E-state index is 12.0. The zero-order chi connectivity index (χ0) is 29.8. The van der Waals surface area contributed by atoms with Gasteiger partial charge in [0.05, 0.1) is 0 Å². The maximum Gasteiger partial charge on any atom is 0.123 e. The first-order valence-electron chi connectivity index (χ1n) is 16.8. The second-order valence-electron chi connectivity index (χ2n) is 13.3. The summed E-state index contributed by atoms with van der Waals surface area (Å²) in [4.78, 5) is 0. The highest BCUT2D eigenvalue weighted by Gasteiger charge is 2.28. The van der Waals surface area contributed by atoms with Crippen molar-refractivity contribution in [2.45, 2.75) is 108 Å². The van der Waals surface area contributed by atoms with Crippen LogP contribution >= 0.6 is 0 Å². The Morgan fingerprint density at radius 3 is 1.26 bits per heavy atom. The van der Waals surface area contributed by atoms with Crippen LogP contribution in [0.4, 0.5) is 0 Å². The predicted octanol–water partition coefficient (Wildman–Crippen LogP) is 11.1. The molecular formula is C41H48O2. The number of phenolic OH excluding ortho intramolecular Hbond substituents is 2. The highest BCUT2D eigenvalue weighted by molar-refractivity contribution is 5.57. The lowest BCUT2D eigenvalue weighted by atomic mass is 9.76. The summed E-state index contributed by atoms with van der Waals surface area (Å²) in [5.41, 5.74) is 9.03. The quantitative estimate of drug-likeness (QED) is 0.220. The van der Waals surface area contributed by atoms with Gasteiger partial charge in [-0.3, -0.25) is 0 Å². The third-order valence-corrected chi connectivity index (χ3v) is 10.6. The lowest BCUT2D eigenvalue weighted by Gasteiger charge is -2.29. The first-order valence-corrected chi connectivity index (χ1v) is 16.8. The normalized spacial score (nSPS) is 17.9. The molecule has 224 valence electrons. The maximum atomic E-state index is 12.0. The van der Waals surface area contributed by atoms with E-state index in [1.807, 2.05) is 0 Å². The Labute approximate surface area is 258 Å². The van der Waals surface area contributed by atoms with Gasteiger partial charge in [0, 0.05) is 29.4 Å². The second kappa shape index (κ2) is 13.4. The van der Waals surface area contributed by atoms with Crippen molar-refractivity contribution in [2.24, 2.45) is 0 Å². The van der Waals surface area contributed by atoms with E-state index in [4.69, 9.17) is 0 Å². The summed E-state index contributed by atoms with van der Waals surface area (Å²) in [5, 5.41) is 24.0. The van der Waals surface area contributed by atoms with Gasteiger partial charge in [0.15, 0.2) is 0 Å². The molecule has 2 unspecified atom stereocenters. The number of phenols is 2. The highest BCUT2D eigenvalue weighted by atomic mass is 16.3. The molecule has 4 aromatic rings. The molecule has 6 rings (SSSR count). The van der Waals surface area contributed by atoms with E-state index in [1.165, 1.54) is 86.5 Å². The molecule has 2 aliphatic rings. The average Bonchev–Trinajstić information content (AvgIpc) is 3.07. The van der Waals surface area contributed by atoms with Crippen LogP contribution in [0.1, 0.15) is 146 Å². The van der Waals surface area contributed by atoms with Gasteiger partial charge < -0.3 is 10.2 Å². The molecule has 43 heavy (non-hydrogen) atoms. The molecule has 0 aromatic heterocycles. The van der Waals surface area contributed by atoms with Crippen LogP contribution in [0.15, 0.2) is 84.9 Å². The van der Waals surface area contributed by atoms with Crippen LogP contribution in [0, 0.1) is 0 Å². The lowest BCUT2D eigenvalue weighted by molar-refractivity contribution is 0.427. The van der Waals surface area contributed by atoms with Crippen molar-refractivity contribution in [1.29, 1.82) is 0 Å². The molecule has 2 N–H and O–H groups in total. The van der Waals surface area contributed by atoms with Crippen LogP contribution in [0.25, 0.3) is 0 Å². The Morgan fingerprint density at radius 1 is 0.512 bits per heavy atom. The lowest BCUT2D eigenvalue weighted by Crippen LogP contribution is -2.12. The Balaban J connectivity index is 1.42. The molecule has 0 aliphatic heterocycles. The molecule has 4 aromatic carbocycles.